The predicted octanol–water partition coefficient (Wildman–Crippen LogP) is 5.73. The van der Waals surface area contributed by atoms with E-state index < -0.39 is 0 Å². The second-order valence-corrected chi connectivity index (χ2v) is 9.40. The highest BCUT2D eigenvalue weighted by Gasteiger charge is 2.18. The molecule has 1 N–H and O–H groups in total. The van der Waals surface area contributed by atoms with E-state index in [2.05, 4.69) is 21.5 Å². The van der Waals surface area contributed by atoms with Gasteiger partial charge in [-0.05, 0) is 74.9 Å². The maximum atomic E-state index is 13.5. The third-order valence-electron chi connectivity index (χ3n) is 6.26. The molecule has 0 atom stereocenters. The predicted molar refractivity (Wildman–Crippen MR) is 146 cm³/mol. The molecule has 8 heteroatoms. The summed E-state index contributed by atoms with van der Waals surface area (Å²) >= 11 is 0. The highest BCUT2D eigenvalue weighted by atomic mass is 16.5. The summed E-state index contributed by atoms with van der Waals surface area (Å²) in [6.07, 6.45) is 3.43. The molecule has 0 saturated carbocycles. The van der Waals surface area contributed by atoms with E-state index in [0.29, 0.717) is 34.8 Å². The van der Waals surface area contributed by atoms with Gasteiger partial charge in [0.25, 0.3) is 11.8 Å². The Balaban J connectivity index is 1.40. The van der Waals surface area contributed by atoms with Crippen LogP contribution in [-0.4, -0.2) is 38.9 Å². The van der Waals surface area contributed by atoms with Crippen molar-refractivity contribution in [1.29, 1.82) is 0 Å². The first-order chi connectivity index (χ1) is 18.3. The summed E-state index contributed by atoms with van der Waals surface area (Å²) in [6.45, 7) is 6.14. The Labute approximate surface area is 220 Å². The highest BCUT2D eigenvalue weighted by Crippen LogP contribution is 2.28. The maximum Gasteiger partial charge on any atom is 0.256 e. The fourth-order valence-electron chi connectivity index (χ4n) is 4.44. The molecule has 2 amide bonds. The van der Waals surface area contributed by atoms with E-state index in [0.717, 1.165) is 33.3 Å². The number of aromatic nitrogens is 3. The van der Waals surface area contributed by atoms with Gasteiger partial charge in [0.1, 0.15) is 0 Å². The number of carbonyl (C=O) groups is 2. The molecule has 38 heavy (non-hydrogen) atoms. The Bertz CT molecular complexity index is 1640. The Kier molecular flexibility index (Phi) is 6.70. The average molecular weight is 506 g/mol. The van der Waals surface area contributed by atoms with Crippen molar-refractivity contribution in [2.45, 2.75) is 27.3 Å². The zero-order valence-electron chi connectivity index (χ0n) is 21.6. The largest absolute Gasteiger partial charge is 0.359 e. The van der Waals surface area contributed by atoms with Crippen LogP contribution < -0.4 is 5.32 Å². The number of aryl methyl sites for hydroxylation is 3. The lowest BCUT2D eigenvalue weighted by Gasteiger charge is -2.16. The number of hydrogen-bond donors (Lipinski definition) is 1. The molecule has 0 saturated heterocycles. The summed E-state index contributed by atoms with van der Waals surface area (Å²) in [4.78, 5) is 37.0. The first kappa shape index (κ1) is 24.8. The van der Waals surface area contributed by atoms with Gasteiger partial charge in [-0.2, -0.15) is 0 Å². The van der Waals surface area contributed by atoms with Crippen molar-refractivity contribution in [2.75, 3.05) is 12.4 Å². The van der Waals surface area contributed by atoms with Crippen LogP contribution in [0.25, 0.3) is 22.2 Å². The zero-order chi connectivity index (χ0) is 26.8. The molecular weight excluding hydrogens is 478 g/mol. The van der Waals surface area contributed by atoms with Gasteiger partial charge < -0.3 is 14.7 Å². The van der Waals surface area contributed by atoms with E-state index >= 15 is 0 Å². The standard InChI is InChI=1S/C30H27N5O3/c1-18-12-19(2)28-25(13-18)26(15-27(33-28)22-6-5-11-31-16-22)29(36)32-23-9-7-21(8-10-23)30(37)35(4)17-24-14-20(3)34-38-24/h5-16H,17H2,1-4H3,(H,32,36). The average Bonchev–Trinajstić information content (AvgIpc) is 3.32. The van der Waals surface area contributed by atoms with Crippen LogP contribution in [0, 0.1) is 20.8 Å². The summed E-state index contributed by atoms with van der Waals surface area (Å²) in [5.74, 6) is 0.191. The summed E-state index contributed by atoms with van der Waals surface area (Å²) in [6, 6.07) is 18.2. The molecule has 0 fully saturated rings. The Hall–Kier alpha value is -4.85. The number of pyridine rings is 2. The molecule has 3 heterocycles. The quantitative estimate of drug-likeness (QED) is 0.316. The van der Waals surface area contributed by atoms with E-state index in [1.54, 1.807) is 60.7 Å². The van der Waals surface area contributed by atoms with Crippen LogP contribution in [0.15, 0.2) is 77.6 Å². The third-order valence-corrected chi connectivity index (χ3v) is 6.26. The molecule has 0 bridgehead atoms. The van der Waals surface area contributed by atoms with Crippen molar-refractivity contribution in [3.8, 4) is 11.3 Å². The molecule has 0 aliphatic heterocycles. The molecule has 5 aromatic rings. The van der Waals surface area contributed by atoms with Crippen molar-refractivity contribution in [1.82, 2.24) is 20.0 Å². The number of benzene rings is 2. The number of fused-ring (bicyclic) bond motifs is 1. The molecule has 2 aromatic carbocycles. The number of anilines is 1. The highest BCUT2D eigenvalue weighted by molar-refractivity contribution is 6.13. The Morgan fingerprint density at radius 3 is 2.47 bits per heavy atom. The first-order valence-electron chi connectivity index (χ1n) is 12.2. The van der Waals surface area contributed by atoms with Crippen molar-refractivity contribution in [2.24, 2.45) is 0 Å². The van der Waals surface area contributed by atoms with Gasteiger partial charge in [-0.1, -0.05) is 16.8 Å². The van der Waals surface area contributed by atoms with Crippen molar-refractivity contribution in [3.63, 3.8) is 0 Å². The van der Waals surface area contributed by atoms with Gasteiger partial charge in [0.05, 0.1) is 29.0 Å². The lowest BCUT2D eigenvalue weighted by Crippen LogP contribution is -2.26. The molecule has 8 nitrogen and oxygen atoms in total. The van der Waals surface area contributed by atoms with Crippen LogP contribution in [0.1, 0.15) is 43.3 Å². The lowest BCUT2D eigenvalue weighted by molar-refractivity contribution is 0.0772. The fourth-order valence-corrected chi connectivity index (χ4v) is 4.44. The number of nitrogens with zero attached hydrogens (tertiary/aromatic N) is 4. The molecule has 190 valence electrons. The SMILES string of the molecule is Cc1cc(C)c2nc(-c3cccnc3)cc(C(=O)Nc3ccc(C(=O)N(C)Cc4cc(C)no4)cc3)c2c1. The molecule has 5 rings (SSSR count). The molecule has 3 aromatic heterocycles. The molecule has 0 aliphatic rings. The zero-order valence-corrected chi connectivity index (χ0v) is 21.6. The minimum Gasteiger partial charge on any atom is -0.359 e. The summed E-state index contributed by atoms with van der Waals surface area (Å²) in [5.41, 5.74) is 6.68. The van der Waals surface area contributed by atoms with E-state index in [1.165, 1.54) is 0 Å². The number of carbonyl (C=O) groups excluding carboxylic acids is 2. The molecule has 0 radical (unpaired) electrons. The lowest BCUT2D eigenvalue weighted by atomic mass is 9.99. The van der Waals surface area contributed by atoms with Gasteiger partial charge in [0, 0.05) is 47.7 Å². The first-order valence-corrected chi connectivity index (χ1v) is 12.2. The van der Waals surface area contributed by atoms with Gasteiger partial charge in [0.15, 0.2) is 5.76 Å². The van der Waals surface area contributed by atoms with Crippen LogP contribution in [0.2, 0.25) is 0 Å². The van der Waals surface area contributed by atoms with Gasteiger partial charge >= 0.3 is 0 Å². The van der Waals surface area contributed by atoms with E-state index in [9.17, 15) is 9.59 Å². The smallest absolute Gasteiger partial charge is 0.256 e. The van der Waals surface area contributed by atoms with Crippen LogP contribution in [-0.2, 0) is 6.54 Å². The van der Waals surface area contributed by atoms with Crippen molar-refractivity contribution >= 4 is 28.4 Å². The van der Waals surface area contributed by atoms with Gasteiger partial charge in [-0.3, -0.25) is 14.6 Å². The minimum atomic E-state index is -0.260. The Morgan fingerprint density at radius 1 is 1.00 bits per heavy atom. The summed E-state index contributed by atoms with van der Waals surface area (Å²) in [7, 11) is 1.70. The normalized spacial score (nSPS) is 10.9. The van der Waals surface area contributed by atoms with Crippen LogP contribution >= 0.6 is 0 Å². The molecule has 0 spiro atoms. The van der Waals surface area contributed by atoms with Gasteiger partial charge in [0.2, 0.25) is 0 Å². The number of rotatable bonds is 6. The second-order valence-electron chi connectivity index (χ2n) is 9.40. The van der Waals surface area contributed by atoms with E-state index in [1.807, 2.05) is 39.0 Å². The number of hydrogen-bond acceptors (Lipinski definition) is 6. The molecular formula is C30H27N5O3. The molecule has 0 aliphatic carbocycles. The van der Waals surface area contributed by atoms with Gasteiger partial charge in [-0.25, -0.2) is 4.98 Å². The van der Waals surface area contributed by atoms with Crippen molar-refractivity contribution in [3.05, 3.63) is 107 Å². The minimum absolute atomic E-state index is 0.163. The fraction of sp³-hybridized carbons (Fsp3) is 0.167. The summed E-state index contributed by atoms with van der Waals surface area (Å²) < 4.78 is 5.21. The van der Waals surface area contributed by atoms with E-state index in [4.69, 9.17) is 9.51 Å². The third kappa shape index (κ3) is 5.15. The summed E-state index contributed by atoms with van der Waals surface area (Å²) in [5, 5.41) is 7.61. The van der Waals surface area contributed by atoms with Crippen LogP contribution in [0.5, 0.6) is 0 Å². The monoisotopic (exact) mass is 505 g/mol. The molecule has 0 unspecified atom stereocenters. The topological polar surface area (TPSA) is 101 Å². The van der Waals surface area contributed by atoms with Crippen molar-refractivity contribution < 1.29 is 14.1 Å². The number of amides is 2. The van der Waals surface area contributed by atoms with E-state index in [-0.39, 0.29) is 11.8 Å². The maximum absolute atomic E-state index is 13.5. The Morgan fingerprint density at radius 2 is 1.79 bits per heavy atom. The van der Waals surface area contributed by atoms with Crippen LogP contribution in [0.4, 0.5) is 5.69 Å². The second kappa shape index (κ2) is 10.3. The van der Waals surface area contributed by atoms with Gasteiger partial charge in [-0.15, -0.1) is 0 Å². The van der Waals surface area contributed by atoms with Crippen LogP contribution in [0.3, 0.4) is 0 Å². The number of nitrogens with one attached hydrogen (secondary N) is 1.